The molecule has 0 fully saturated rings. The summed E-state index contributed by atoms with van der Waals surface area (Å²) >= 11 is 0. The van der Waals surface area contributed by atoms with E-state index >= 15 is 0 Å². The highest BCUT2D eigenvalue weighted by atomic mass is 32.2. The Morgan fingerprint density at radius 1 is 1.03 bits per heavy atom. The molecule has 8 nitrogen and oxygen atoms in total. The third-order valence-electron chi connectivity index (χ3n) is 4.42. The number of aryl methyl sites for hydroxylation is 1. The molecule has 0 aliphatic carbocycles. The number of hydrogen-bond donors (Lipinski definition) is 2. The molecular weight excluding hydrogens is 408 g/mol. The van der Waals surface area contributed by atoms with Crippen LogP contribution < -0.4 is 4.72 Å². The maximum atomic E-state index is 12.3. The molecule has 0 bridgehead atoms. The largest absolute Gasteiger partial charge is 0.481 e. The van der Waals surface area contributed by atoms with E-state index in [0.29, 0.717) is 12.2 Å². The van der Waals surface area contributed by atoms with Crippen LogP contribution >= 0.6 is 0 Å². The van der Waals surface area contributed by atoms with Gasteiger partial charge in [-0.05, 0) is 30.2 Å². The van der Waals surface area contributed by atoms with Gasteiger partial charge in [0.2, 0.25) is 5.91 Å². The normalized spacial score (nSPS) is 11.2. The minimum absolute atomic E-state index is 0.103. The first-order valence-electron chi connectivity index (χ1n) is 9.13. The zero-order valence-corrected chi connectivity index (χ0v) is 17.0. The maximum Gasteiger partial charge on any atom is 0.303 e. The van der Waals surface area contributed by atoms with Crippen molar-refractivity contribution in [3.8, 4) is 11.1 Å². The maximum absolute atomic E-state index is 12.3. The molecule has 9 heteroatoms. The summed E-state index contributed by atoms with van der Waals surface area (Å²) in [4.78, 5) is 22.1. The topological polar surface area (TPSA) is 127 Å². The molecule has 3 aromatic rings. The molecule has 0 atom stereocenters. The molecule has 1 aromatic heterocycles. The highest BCUT2D eigenvalue weighted by Gasteiger charge is 2.20. The number of benzene rings is 2. The molecule has 0 saturated carbocycles. The van der Waals surface area contributed by atoms with Gasteiger partial charge in [-0.15, -0.1) is 0 Å². The number of sulfonamides is 1. The van der Waals surface area contributed by atoms with Crippen LogP contribution in [0.1, 0.15) is 29.9 Å². The highest BCUT2D eigenvalue weighted by Crippen LogP contribution is 2.29. The van der Waals surface area contributed by atoms with Crippen molar-refractivity contribution in [1.29, 1.82) is 0 Å². The Morgan fingerprint density at radius 3 is 2.33 bits per heavy atom. The highest BCUT2D eigenvalue weighted by molar-refractivity contribution is 7.90. The van der Waals surface area contributed by atoms with E-state index in [4.69, 9.17) is 9.63 Å². The van der Waals surface area contributed by atoms with E-state index in [0.717, 1.165) is 22.4 Å². The summed E-state index contributed by atoms with van der Waals surface area (Å²) in [7, 11) is -4.09. The van der Waals surface area contributed by atoms with Crippen LogP contribution in [-0.2, 0) is 26.0 Å². The number of nitrogens with one attached hydrogen (secondary N) is 1. The van der Waals surface area contributed by atoms with Gasteiger partial charge in [0.05, 0.1) is 17.0 Å². The van der Waals surface area contributed by atoms with Crippen molar-refractivity contribution < 1.29 is 27.6 Å². The van der Waals surface area contributed by atoms with E-state index in [2.05, 4.69) is 5.16 Å². The lowest BCUT2D eigenvalue weighted by atomic mass is 10.00. The summed E-state index contributed by atoms with van der Waals surface area (Å²) < 4.78 is 31.9. The number of carbonyl (C=O) groups is 2. The fraction of sp³-hybridized carbons (Fsp3) is 0.190. The van der Waals surface area contributed by atoms with Gasteiger partial charge in [-0.2, -0.15) is 0 Å². The van der Waals surface area contributed by atoms with Crippen LogP contribution in [-0.4, -0.2) is 30.6 Å². The van der Waals surface area contributed by atoms with E-state index in [1.54, 1.807) is 19.1 Å². The van der Waals surface area contributed by atoms with Crippen molar-refractivity contribution in [1.82, 2.24) is 9.88 Å². The Kier molecular flexibility index (Phi) is 6.31. The van der Waals surface area contributed by atoms with Crippen LogP contribution in [0.3, 0.4) is 0 Å². The number of carboxylic acids is 1. The molecule has 0 aliphatic rings. The van der Waals surface area contributed by atoms with Gasteiger partial charge in [-0.25, -0.2) is 13.1 Å². The van der Waals surface area contributed by atoms with E-state index in [1.807, 2.05) is 35.1 Å². The van der Waals surface area contributed by atoms with E-state index < -0.39 is 34.7 Å². The fourth-order valence-electron chi connectivity index (χ4n) is 2.98. The Balaban J connectivity index is 1.80. The Hall–Kier alpha value is -3.46. The van der Waals surface area contributed by atoms with E-state index in [-0.39, 0.29) is 4.90 Å². The Bertz CT molecular complexity index is 1150. The molecule has 156 valence electrons. The van der Waals surface area contributed by atoms with Crippen LogP contribution in [0.5, 0.6) is 0 Å². The third kappa shape index (κ3) is 5.12. The number of aromatic nitrogens is 1. The monoisotopic (exact) mass is 428 g/mol. The molecule has 30 heavy (non-hydrogen) atoms. The molecule has 3 rings (SSSR count). The summed E-state index contributed by atoms with van der Waals surface area (Å²) in [5.74, 6) is -1.44. The lowest BCUT2D eigenvalue weighted by molar-refractivity contribution is -0.138. The van der Waals surface area contributed by atoms with Crippen molar-refractivity contribution in [2.24, 2.45) is 0 Å². The smallest absolute Gasteiger partial charge is 0.303 e. The summed E-state index contributed by atoms with van der Waals surface area (Å²) in [6.07, 6.45) is -0.306. The van der Waals surface area contributed by atoms with Crippen LogP contribution in [0.15, 0.2) is 64.0 Å². The molecule has 0 spiro atoms. The van der Waals surface area contributed by atoms with E-state index in [1.165, 1.54) is 12.1 Å². The zero-order valence-electron chi connectivity index (χ0n) is 16.2. The van der Waals surface area contributed by atoms with Crippen LogP contribution in [0.25, 0.3) is 11.1 Å². The van der Waals surface area contributed by atoms with Gasteiger partial charge in [-0.1, -0.05) is 47.6 Å². The SMILES string of the molecule is Cc1onc(Cc2ccccc2)c1-c1ccc(S(=O)(=O)NC(=O)CCC(=O)O)cc1. The second-order valence-electron chi connectivity index (χ2n) is 6.67. The number of nitrogens with zero attached hydrogens (tertiary/aromatic N) is 1. The number of rotatable bonds is 8. The molecule has 0 aliphatic heterocycles. The predicted molar refractivity (Wildman–Crippen MR) is 108 cm³/mol. The number of carbonyl (C=O) groups excluding carboxylic acids is 1. The van der Waals surface area contributed by atoms with Crippen LogP contribution in [0.4, 0.5) is 0 Å². The summed E-state index contributed by atoms with van der Waals surface area (Å²) in [5, 5.41) is 12.7. The molecule has 1 heterocycles. The second kappa shape index (κ2) is 8.91. The zero-order chi connectivity index (χ0) is 21.7. The molecule has 2 N–H and O–H groups in total. The number of carboxylic acid groups (broad SMARTS) is 1. The minimum atomic E-state index is -4.09. The van der Waals surface area contributed by atoms with Gasteiger partial charge < -0.3 is 9.63 Å². The average Bonchev–Trinajstić information content (AvgIpc) is 3.07. The number of aliphatic carboxylic acids is 1. The average molecular weight is 428 g/mol. The first kappa shape index (κ1) is 21.3. The fourth-order valence-corrected chi connectivity index (χ4v) is 3.99. The van der Waals surface area contributed by atoms with Crippen molar-refractivity contribution >= 4 is 21.9 Å². The first-order valence-corrected chi connectivity index (χ1v) is 10.6. The predicted octanol–water partition coefficient (Wildman–Crippen LogP) is 2.91. The Labute approximate surface area is 173 Å². The van der Waals surface area contributed by atoms with Gasteiger partial charge in [-0.3, -0.25) is 9.59 Å². The summed E-state index contributed by atoms with van der Waals surface area (Å²) in [6.45, 7) is 1.78. The van der Waals surface area contributed by atoms with Gasteiger partial charge in [0.25, 0.3) is 10.0 Å². The van der Waals surface area contributed by atoms with Crippen molar-refractivity contribution in [3.05, 3.63) is 71.6 Å². The van der Waals surface area contributed by atoms with Crippen molar-refractivity contribution in [3.63, 3.8) is 0 Å². The molecule has 0 unspecified atom stereocenters. The van der Waals surface area contributed by atoms with Crippen LogP contribution in [0.2, 0.25) is 0 Å². The molecule has 1 amide bonds. The van der Waals surface area contributed by atoms with Gasteiger partial charge in [0.1, 0.15) is 5.76 Å². The molecule has 0 radical (unpaired) electrons. The van der Waals surface area contributed by atoms with Gasteiger partial charge >= 0.3 is 5.97 Å². The quantitative estimate of drug-likeness (QED) is 0.565. The standard InChI is InChI=1S/C21H20N2O6S/c1-14-21(18(22-29-14)13-15-5-3-2-4-6-15)16-7-9-17(10-8-16)30(27,28)23-19(24)11-12-20(25)26/h2-10H,11-13H2,1H3,(H,23,24)(H,25,26). The van der Waals surface area contributed by atoms with Crippen molar-refractivity contribution in [2.45, 2.75) is 31.1 Å². The van der Waals surface area contributed by atoms with Crippen molar-refractivity contribution in [2.75, 3.05) is 0 Å². The lowest BCUT2D eigenvalue weighted by Crippen LogP contribution is -2.30. The summed E-state index contributed by atoms with van der Waals surface area (Å²) in [6, 6.07) is 15.8. The molecule has 2 aromatic carbocycles. The number of hydrogen-bond acceptors (Lipinski definition) is 6. The van der Waals surface area contributed by atoms with Crippen LogP contribution in [0, 0.1) is 6.92 Å². The third-order valence-corrected chi connectivity index (χ3v) is 5.80. The van der Waals surface area contributed by atoms with Gasteiger partial charge in [0.15, 0.2) is 0 Å². The minimum Gasteiger partial charge on any atom is -0.481 e. The first-order chi connectivity index (χ1) is 14.3. The Morgan fingerprint density at radius 2 is 1.70 bits per heavy atom. The molecular formula is C21H20N2O6S. The van der Waals surface area contributed by atoms with E-state index in [9.17, 15) is 18.0 Å². The summed E-state index contributed by atoms with van der Waals surface area (Å²) in [5.41, 5.74) is 3.32. The van der Waals surface area contributed by atoms with Gasteiger partial charge in [0, 0.05) is 18.4 Å². The lowest BCUT2D eigenvalue weighted by Gasteiger charge is -2.08. The molecule has 0 saturated heterocycles. The number of amides is 1. The second-order valence-corrected chi connectivity index (χ2v) is 8.35.